The van der Waals surface area contributed by atoms with Crippen molar-refractivity contribution in [3.05, 3.63) is 29.0 Å². The Morgan fingerprint density at radius 3 is 2.67 bits per heavy atom. The molecule has 0 aromatic carbocycles. The highest BCUT2D eigenvalue weighted by Gasteiger charge is 2.41. The first-order valence-corrected chi connectivity index (χ1v) is 14.2. The normalized spacial score (nSPS) is 18.7. The lowest BCUT2D eigenvalue weighted by molar-refractivity contribution is -0.143. The highest BCUT2D eigenvalue weighted by molar-refractivity contribution is 7.89. The Labute approximate surface area is 213 Å². The first kappa shape index (κ1) is 26.3. The Morgan fingerprint density at radius 2 is 2.03 bits per heavy atom. The summed E-state index contributed by atoms with van der Waals surface area (Å²) in [7, 11) is -2.98. The summed E-state index contributed by atoms with van der Waals surface area (Å²) in [5.41, 5.74) is 0.00689. The van der Waals surface area contributed by atoms with E-state index in [1.54, 1.807) is 6.20 Å². The number of furan rings is 1. The van der Waals surface area contributed by atoms with Gasteiger partial charge in [-0.15, -0.1) is 11.3 Å². The van der Waals surface area contributed by atoms with Gasteiger partial charge in [0, 0.05) is 43.2 Å². The number of piperazine rings is 1. The van der Waals surface area contributed by atoms with Crippen molar-refractivity contribution >= 4 is 44.2 Å². The maximum atomic E-state index is 13.5. The second-order valence-electron chi connectivity index (χ2n) is 8.92. The smallest absolute Gasteiger partial charge is 0.341 e. The number of nitrogens with one attached hydrogen (secondary N) is 1. The Balaban J connectivity index is 1.50. The van der Waals surface area contributed by atoms with Crippen LogP contribution in [0.15, 0.2) is 27.2 Å². The molecule has 1 unspecified atom stereocenters. The average Bonchev–Trinajstić information content (AvgIpc) is 3.54. The SMILES string of the molecule is COC(=O)c1cc(S(=O)(=O)N2CCN(C(CNc3nccs3)C(=O)C3CCCCC3)C(=O)C2)oc1C. The molecule has 1 atom stereocenters. The predicted octanol–water partition coefficient (Wildman–Crippen LogP) is 2.29. The number of carbonyl (C=O) groups is 3. The zero-order valence-electron chi connectivity index (χ0n) is 20.3. The number of aromatic nitrogens is 1. The number of methoxy groups -OCH3 is 1. The highest BCUT2D eigenvalue weighted by Crippen LogP contribution is 2.29. The number of ketones is 1. The molecule has 1 saturated carbocycles. The molecule has 4 rings (SSSR count). The van der Waals surface area contributed by atoms with E-state index in [2.05, 4.69) is 15.0 Å². The van der Waals surface area contributed by atoms with Crippen LogP contribution in [0.5, 0.6) is 0 Å². The molecule has 196 valence electrons. The maximum Gasteiger partial charge on any atom is 0.341 e. The van der Waals surface area contributed by atoms with Crippen LogP contribution in [0, 0.1) is 12.8 Å². The minimum Gasteiger partial charge on any atom is -0.465 e. The zero-order valence-corrected chi connectivity index (χ0v) is 21.9. The Hall–Kier alpha value is -2.77. The van der Waals surface area contributed by atoms with Gasteiger partial charge in [0.2, 0.25) is 11.0 Å². The van der Waals surface area contributed by atoms with Crippen LogP contribution in [0.1, 0.15) is 48.2 Å². The molecule has 2 aliphatic rings. The molecule has 2 aromatic heterocycles. The van der Waals surface area contributed by atoms with E-state index in [9.17, 15) is 22.8 Å². The van der Waals surface area contributed by atoms with E-state index in [0.717, 1.165) is 42.5 Å². The Bertz CT molecular complexity index is 1200. The van der Waals surface area contributed by atoms with Crippen LogP contribution in [0.25, 0.3) is 0 Å². The second kappa shape index (κ2) is 11.1. The molecule has 3 heterocycles. The van der Waals surface area contributed by atoms with E-state index in [1.807, 2.05) is 5.38 Å². The lowest BCUT2D eigenvalue weighted by Crippen LogP contribution is -2.59. The van der Waals surface area contributed by atoms with Gasteiger partial charge in [0.1, 0.15) is 17.4 Å². The van der Waals surface area contributed by atoms with Crippen molar-refractivity contribution < 1.29 is 32.0 Å². The largest absolute Gasteiger partial charge is 0.465 e. The Kier molecular flexibility index (Phi) is 8.10. The average molecular weight is 539 g/mol. The molecule has 0 radical (unpaired) electrons. The maximum absolute atomic E-state index is 13.5. The number of Topliss-reactive ketones (excluding diaryl/α,β-unsaturated/α-hetero) is 1. The predicted molar refractivity (Wildman–Crippen MR) is 131 cm³/mol. The van der Waals surface area contributed by atoms with E-state index in [-0.39, 0.29) is 42.7 Å². The fourth-order valence-corrected chi connectivity index (χ4v) is 6.63. The third kappa shape index (κ3) is 5.47. The number of thiazole rings is 1. The van der Waals surface area contributed by atoms with Crippen molar-refractivity contribution in [1.29, 1.82) is 0 Å². The number of amides is 1. The highest BCUT2D eigenvalue weighted by atomic mass is 32.2. The van der Waals surface area contributed by atoms with E-state index in [1.165, 1.54) is 30.3 Å². The van der Waals surface area contributed by atoms with Gasteiger partial charge < -0.3 is 19.4 Å². The fourth-order valence-electron chi connectivity index (χ4n) is 4.74. The van der Waals surface area contributed by atoms with Gasteiger partial charge in [-0.1, -0.05) is 19.3 Å². The number of ether oxygens (including phenoxy) is 1. The first-order chi connectivity index (χ1) is 17.2. The van der Waals surface area contributed by atoms with Gasteiger partial charge in [0.05, 0.1) is 13.7 Å². The molecular weight excluding hydrogens is 508 g/mol. The lowest BCUT2D eigenvalue weighted by Gasteiger charge is -2.39. The minimum atomic E-state index is -4.17. The van der Waals surface area contributed by atoms with Crippen LogP contribution in [-0.2, 0) is 24.3 Å². The summed E-state index contributed by atoms with van der Waals surface area (Å²) in [6.45, 7) is 1.30. The van der Waals surface area contributed by atoms with Crippen molar-refractivity contribution in [2.24, 2.45) is 5.92 Å². The van der Waals surface area contributed by atoms with E-state index in [0.29, 0.717) is 5.13 Å². The molecule has 0 spiro atoms. The quantitative estimate of drug-likeness (QED) is 0.476. The van der Waals surface area contributed by atoms with Crippen molar-refractivity contribution in [1.82, 2.24) is 14.2 Å². The summed E-state index contributed by atoms with van der Waals surface area (Å²) in [6.07, 6.45) is 6.33. The molecule has 1 saturated heterocycles. The van der Waals surface area contributed by atoms with Crippen LogP contribution >= 0.6 is 11.3 Å². The van der Waals surface area contributed by atoms with Crippen LogP contribution in [0.2, 0.25) is 0 Å². The molecular formula is C23H30N4O7S2. The van der Waals surface area contributed by atoms with Crippen molar-refractivity contribution in [2.45, 2.75) is 50.2 Å². The van der Waals surface area contributed by atoms with Gasteiger partial charge >= 0.3 is 5.97 Å². The van der Waals surface area contributed by atoms with Crippen LogP contribution in [0.4, 0.5) is 5.13 Å². The number of anilines is 1. The molecule has 2 fully saturated rings. The summed E-state index contributed by atoms with van der Waals surface area (Å²) in [4.78, 5) is 44.3. The number of rotatable bonds is 9. The summed E-state index contributed by atoms with van der Waals surface area (Å²) in [5.74, 6) is -1.17. The number of hydrogen-bond donors (Lipinski definition) is 1. The topological polar surface area (TPSA) is 139 Å². The van der Waals surface area contributed by atoms with Gasteiger partial charge in [-0.05, 0) is 19.8 Å². The van der Waals surface area contributed by atoms with Gasteiger partial charge in [0.15, 0.2) is 10.9 Å². The van der Waals surface area contributed by atoms with Crippen LogP contribution < -0.4 is 5.32 Å². The third-order valence-corrected chi connectivity index (χ3v) is 9.14. The summed E-state index contributed by atoms with van der Waals surface area (Å²) in [6, 6.07) is 0.395. The second-order valence-corrected chi connectivity index (χ2v) is 11.7. The van der Waals surface area contributed by atoms with Gasteiger partial charge in [-0.2, -0.15) is 4.31 Å². The number of esters is 1. The number of nitrogens with zero attached hydrogens (tertiary/aromatic N) is 3. The Morgan fingerprint density at radius 1 is 1.28 bits per heavy atom. The molecule has 1 N–H and O–H groups in total. The fraction of sp³-hybridized carbons (Fsp3) is 0.565. The molecule has 13 heteroatoms. The number of sulfonamides is 1. The van der Waals surface area contributed by atoms with Crippen molar-refractivity contribution in [2.75, 3.05) is 38.6 Å². The molecule has 11 nitrogen and oxygen atoms in total. The van der Waals surface area contributed by atoms with E-state index in [4.69, 9.17) is 4.42 Å². The van der Waals surface area contributed by atoms with Gasteiger partial charge in [-0.3, -0.25) is 9.59 Å². The van der Waals surface area contributed by atoms with E-state index < -0.39 is 39.6 Å². The van der Waals surface area contributed by atoms with Gasteiger partial charge in [-0.25, -0.2) is 18.2 Å². The first-order valence-electron chi connectivity index (χ1n) is 11.9. The van der Waals surface area contributed by atoms with Crippen molar-refractivity contribution in [3.8, 4) is 0 Å². The molecule has 36 heavy (non-hydrogen) atoms. The van der Waals surface area contributed by atoms with Crippen LogP contribution in [-0.4, -0.2) is 79.6 Å². The van der Waals surface area contributed by atoms with E-state index >= 15 is 0 Å². The molecule has 0 bridgehead atoms. The molecule has 2 aromatic rings. The molecule has 1 amide bonds. The summed E-state index contributed by atoms with van der Waals surface area (Å²) in [5, 5.41) is 5.20. The third-order valence-electron chi connectivity index (χ3n) is 6.71. The minimum absolute atomic E-state index is 0.00687. The monoisotopic (exact) mass is 538 g/mol. The molecule has 1 aliphatic heterocycles. The zero-order chi connectivity index (χ0) is 25.9. The van der Waals surface area contributed by atoms with Gasteiger partial charge in [0.25, 0.3) is 10.0 Å². The summed E-state index contributed by atoms with van der Waals surface area (Å²) >= 11 is 1.40. The molecule has 1 aliphatic carbocycles. The number of aryl methyl sites for hydroxylation is 1. The van der Waals surface area contributed by atoms with Crippen molar-refractivity contribution in [3.63, 3.8) is 0 Å². The lowest BCUT2D eigenvalue weighted by atomic mass is 9.83. The summed E-state index contributed by atoms with van der Waals surface area (Å²) < 4.78 is 37.4. The van der Waals surface area contributed by atoms with Crippen LogP contribution in [0.3, 0.4) is 0 Å². The standard InChI is InChI=1S/C23H30N4O7S2/c1-15-17(22(30)33-2)12-20(34-15)36(31,32)26-9-10-27(19(28)14-26)18(13-25-23-24-8-11-35-23)21(29)16-6-4-3-5-7-16/h8,11-12,16,18H,3-7,9-10,13-14H2,1-2H3,(H,24,25). The number of hydrogen-bond acceptors (Lipinski definition) is 10. The number of carbonyl (C=O) groups excluding carboxylic acids is 3.